The highest BCUT2D eigenvalue weighted by Gasteiger charge is 2.22. The van der Waals surface area contributed by atoms with E-state index in [1.165, 1.54) is 0 Å². The van der Waals surface area contributed by atoms with Gasteiger partial charge in [-0.25, -0.2) is 0 Å². The number of hydrogen-bond acceptors (Lipinski definition) is 3. The van der Waals surface area contributed by atoms with Crippen LogP contribution in [-0.4, -0.2) is 22.4 Å². The summed E-state index contributed by atoms with van der Waals surface area (Å²) in [6, 6.07) is 19.9. The molecule has 0 aliphatic carbocycles. The third-order valence-corrected chi connectivity index (χ3v) is 8.11. The lowest BCUT2D eigenvalue weighted by Crippen LogP contribution is -2.26. The third kappa shape index (κ3) is 4.19. The minimum Gasteiger partial charge on any atom is -0.397 e. The number of anilines is 2. The standard InChI is InChI=1S/C22H22ClN3O2S/c23-18-7-2-15(3-8-18)17-6-11-20(24)21(14-17)26-22(27)16-4-9-19(10-5-16)29(28)13-1-12-25-29/h2-11,14,29H,1,12-13,24H2,(H,25,28)(H,26,27). The SMILES string of the molecule is Nc1ccc(-c2ccc(Cl)cc2)cc1NC(=O)c1ccc([SH]2(=O)CCCN2)cc1. The number of rotatable bonds is 4. The van der Waals surface area contributed by atoms with E-state index in [4.69, 9.17) is 17.3 Å². The van der Waals surface area contributed by atoms with E-state index in [9.17, 15) is 9.00 Å². The van der Waals surface area contributed by atoms with Crippen LogP contribution in [0.5, 0.6) is 0 Å². The number of halogens is 1. The van der Waals surface area contributed by atoms with Gasteiger partial charge in [0.1, 0.15) is 0 Å². The van der Waals surface area contributed by atoms with Crippen LogP contribution >= 0.6 is 11.6 Å². The van der Waals surface area contributed by atoms with Crippen LogP contribution in [0.2, 0.25) is 5.02 Å². The second-order valence-electron chi connectivity index (χ2n) is 7.03. The van der Waals surface area contributed by atoms with E-state index in [1.807, 2.05) is 36.4 Å². The molecule has 0 atom stereocenters. The number of carbonyl (C=O) groups excluding carboxylic acids is 1. The summed E-state index contributed by atoms with van der Waals surface area (Å²) in [4.78, 5) is 13.5. The molecular formula is C22H22ClN3O2S. The number of carbonyl (C=O) groups is 1. The molecule has 4 rings (SSSR count). The van der Waals surface area contributed by atoms with Gasteiger partial charge in [-0.3, -0.25) is 13.7 Å². The van der Waals surface area contributed by atoms with E-state index in [0.717, 1.165) is 29.0 Å². The lowest BCUT2D eigenvalue weighted by molar-refractivity contribution is 0.102. The number of hydrogen-bond donors (Lipinski definition) is 4. The molecule has 1 aliphatic rings. The van der Waals surface area contributed by atoms with Crippen molar-refractivity contribution in [2.75, 3.05) is 23.3 Å². The van der Waals surface area contributed by atoms with Gasteiger partial charge in [0.15, 0.2) is 0 Å². The van der Waals surface area contributed by atoms with Crippen molar-refractivity contribution in [3.8, 4) is 11.1 Å². The quantitative estimate of drug-likeness (QED) is 0.373. The summed E-state index contributed by atoms with van der Waals surface area (Å²) in [6.07, 6.45) is 0.906. The molecule has 0 bridgehead atoms. The highest BCUT2D eigenvalue weighted by molar-refractivity contribution is 8.01. The predicted octanol–water partition coefficient (Wildman–Crippen LogP) is 4.13. The normalized spacial score (nSPS) is 16.3. The van der Waals surface area contributed by atoms with Crippen LogP contribution in [0, 0.1) is 0 Å². The topological polar surface area (TPSA) is 84.2 Å². The number of benzene rings is 3. The number of thiol groups is 1. The zero-order chi connectivity index (χ0) is 20.4. The first-order valence-corrected chi connectivity index (χ1v) is 11.6. The highest BCUT2D eigenvalue weighted by Crippen LogP contribution is 2.29. The smallest absolute Gasteiger partial charge is 0.255 e. The summed E-state index contributed by atoms with van der Waals surface area (Å²) in [5, 5.41) is 3.54. The minimum absolute atomic E-state index is 0.269. The van der Waals surface area contributed by atoms with Crippen molar-refractivity contribution in [2.45, 2.75) is 11.3 Å². The van der Waals surface area contributed by atoms with Crippen LogP contribution in [0.3, 0.4) is 0 Å². The minimum atomic E-state index is -2.50. The predicted molar refractivity (Wildman–Crippen MR) is 121 cm³/mol. The van der Waals surface area contributed by atoms with Crippen molar-refractivity contribution in [2.24, 2.45) is 0 Å². The molecule has 0 radical (unpaired) electrons. The maximum Gasteiger partial charge on any atom is 0.255 e. The fourth-order valence-corrected chi connectivity index (χ4v) is 5.87. The summed E-state index contributed by atoms with van der Waals surface area (Å²) in [5.74, 6) is 0.390. The Morgan fingerprint density at radius 2 is 1.69 bits per heavy atom. The first-order chi connectivity index (χ1) is 13.9. The molecule has 1 heterocycles. The number of nitrogens with two attached hydrogens (primary N) is 1. The lowest BCUT2D eigenvalue weighted by Gasteiger charge is -2.18. The molecule has 1 amide bonds. The monoisotopic (exact) mass is 427 g/mol. The van der Waals surface area contributed by atoms with Gasteiger partial charge < -0.3 is 11.1 Å². The first kappa shape index (κ1) is 19.6. The van der Waals surface area contributed by atoms with Crippen molar-refractivity contribution >= 4 is 39.0 Å². The Hall–Kier alpha value is -2.67. The van der Waals surface area contributed by atoms with Gasteiger partial charge in [-0.2, -0.15) is 0 Å². The van der Waals surface area contributed by atoms with Gasteiger partial charge in [-0.15, -0.1) is 0 Å². The molecule has 0 spiro atoms. The zero-order valence-electron chi connectivity index (χ0n) is 15.7. The molecule has 5 nitrogen and oxygen atoms in total. The third-order valence-electron chi connectivity index (χ3n) is 5.04. The summed E-state index contributed by atoms with van der Waals surface area (Å²) >= 11 is 5.95. The van der Waals surface area contributed by atoms with Crippen LogP contribution in [0.4, 0.5) is 11.4 Å². The Morgan fingerprint density at radius 3 is 2.34 bits per heavy atom. The van der Waals surface area contributed by atoms with Crippen molar-refractivity contribution in [1.29, 1.82) is 0 Å². The van der Waals surface area contributed by atoms with Gasteiger partial charge in [0, 0.05) is 27.8 Å². The molecule has 0 unspecified atom stereocenters. The zero-order valence-corrected chi connectivity index (χ0v) is 17.3. The van der Waals surface area contributed by atoms with Gasteiger partial charge >= 0.3 is 0 Å². The molecule has 0 aromatic heterocycles. The van der Waals surface area contributed by atoms with Crippen LogP contribution in [0.1, 0.15) is 16.8 Å². The number of amides is 1. The molecule has 7 heteroatoms. The van der Waals surface area contributed by atoms with E-state index in [1.54, 1.807) is 30.3 Å². The Kier molecular flexibility index (Phi) is 5.41. The highest BCUT2D eigenvalue weighted by atomic mass is 35.5. The van der Waals surface area contributed by atoms with Crippen molar-refractivity contribution < 1.29 is 9.00 Å². The molecular weight excluding hydrogens is 406 g/mol. The number of nitrogen functional groups attached to an aromatic ring is 1. The van der Waals surface area contributed by atoms with Crippen LogP contribution in [0.15, 0.2) is 71.6 Å². The summed E-state index contributed by atoms with van der Waals surface area (Å²) in [6.45, 7) is 0.767. The van der Waals surface area contributed by atoms with Gasteiger partial charge in [0.05, 0.1) is 11.4 Å². The summed E-state index contributed by atoms with van der Waals surface area (Å²) in [7, 11) is -2.50. The van der Waals surface area contributed by atoms with Gasteiger partial charge in [-0.1, -0.05) is 29.8 Å². The summed E-state index contributed by atoms with van der Waals surface area (Å²) in [5.41, 5.74) is 9.46. The number of nitrogens with one attached hydrogen (secondary N) is 2. The van der Waals surface area contributed by atoms with Gasteiger partial charge in [0.2, 0.25) is 0 Å². The first-order valence-electron chi connectivity index (χ1n) is 9.36. The van der Waals surface area contributed by atoms with E-state index in [0.29, 0.717) is 27.7 Å². The van der Waals surface area contributed by atoms with Crippen molar-refractivity contribution in [3.05, 3.63) is 77.3 Å². The lowest BCUT2D eigenvalue weighted by atomic mass is 10.0. The second-order valence-corrected chi connectivity index (χ2v) is 10.2. The molecule has 1 fully saturated rings. The molecule has 1 aliphatic heterocycles. The Morgan fingerprint density at radius 1 is 1.00 bits per heavy atom. The largest absolute Gasteiger partial charge is 0.397 e. The van der Waals surface area contributed by atoms with Crippen LogP contribution in [-0.2, 0) is 10.1 Å². The second kappa shape index (κ2) is 7.99. The fourth-order valence-electron chi connectivity index (χ4n) is 3.40. The van der Waals surface area contributed by atoms with Crippen LogP contribution < -0.4 is 15.8 Å². The van der Waals surface area contributed by atoms with Gasteiger partial charge in [0.25, 0.3) is 5.91 Å². The molecule has 3 aromatic rings. The van der Waals surface area contributed by atoms with E-state index in [-0.39, 0.29) is 5.91 Å². The van der Waals surface area contributed by atoms with Crippen molar-refractivity contribution in [1.82, 2.24) is 4.72 Å². The maximum atomic E-state index is 12.8. The Labute approximate surface area is 175 Å². The van der Waals surface area contributed by atoms with E-state index >= 15 is 0 Å². The Balaban J connectivity index is 1.54. The van der Waals surface area contributed by atoms with Crippen LogP contribution in [0.25, 0.3) is 11.1 Å². The molecule has 3 aromatic carbocycles. The average Bonchev–Trinajstić information content (AvgIpc) is 3.18. The Bertz CT molecular complexity index is 1090. The van der Waals surface area contributed by atoms with E-state index < -0.39 is 10.1 Å². The van der Waals surface area contributed by atoms with Gasteiger partial charge in [-0.05, 0) is 76.2 Å². The molecule has 0 saturated carbocycles. The average molecular weight is 428 g/mol. The molecule has 1 saturated heterocycles. The molecule has 150 valence electrons. The fraction of sp³-hybridized carbons (Fsp3) is 0.136. The maximum absolute atomic E-state index is 12.8. The summed E-state index contributed by atoms with van der Waals surface area (Å²) < 4.78 is 15.9. The molecule has 4 N–H and O–H groups in total. The van der Waals surface area contributed by atoms with Crippen molar-refractivity contribution in [3.63, 3.8) is 0 Å². The molecule has 29 heavy (non-hydrogen) atoms. The van der Waals surface area contributed by atoms with E-state index in [2.05, 4.69) is 10.0 Å².